The fraction of sp³-hybridized carbons (Fsp3) is 1.00. The third-order valence-corrected chi connectivity index (χ3v) is 4.44. The third kappa shape index (κ3) is 4.23. The van der Waals surface area contributed by atoms with Crippen LogP contribution in [0.15, 0.2) is 0 Å². The van der Waals surface area contributed by atoms with E-state index in [1.54, 1.807) is 0 Å². The molecule has 0 aromatic rings. The molecule has 1 aliphatic heterocycles. The van der Waals surface area contributed by atoms with Crippen molar-refractivity contribution in [2.45, 2.75) is 57.2 Å². The van der Waals surface area contributed by atoms with Gasteiger partial charge in [-0.15, -0.1) is 0 Å². The van der Waals surface area contributed by atoms with Gasteiger partial charge in [0.2, 0.25) is 0 Å². The van der Waals surface area contributed by atoms with Gasteiger partial charge < -0.3 is 10.2 Å². The molecule has 1 aliphatic carbocycles. The molecule has 1 saturated carbocycles. The molecule has 0 spiro atoms. The molecule has 2 unspecified atom stereocenters. The van der Waals surface area contributed by atoms with E-state index in [1.807, 2.05) is 0 Å². The van der Waals surface area contributed by atoms with Crippen LogP contribution in [0.3, 0.4) is 0 Å². The summed E-state index contributed by atoms with van der Waals surface area (Å²) < 4.78 is 0. The topological polar surface area (TPSA) is 18.5 Å². The van der Waals surface area contributed by atoms with Crippen LogP contribution in [0.1, 0.15) is 39.0 Å². The second-order valence-electron chi connectivity index (χ2n) is 6.09. The summed E-state index contributed by atoms with van der Waals surface area (Å²) in [4.78, 5) is 5.07. The second kappa shape index (κ2) is 6.17. The highest BCUT2D eigenvalue weighted by molar-refractivity contribution is 4.83. The van der Waals surface area contributed by atoms with E-state index in [1.165, 1.54) is 51.7 Å². The van der Waals surface area contributed by atoms with Crippen LogP contribution in [0.5, 0.6) is 0 Å². The van der Waals surface area contributed by atoms with Crippen LogP contribution in [0.4, 0.5) is 0 Å². The van der Waals surface area contributed by atoms with E-state index < -0.39 is 0 Å². The summed E-state index contributed by atoms with van der Waals surface area (Å²) in [5.41, 5.74) is 0. The summed E-state index contributed by atoms with van der Waals surface area (Å²) in [5, 5.41) is 3.62. The van der Waals surface area contributed by atoms with Crippen molar-refractivity contribution < 1.29 is 0 Å². The molecule has 1 saturated heterocycles. The Morgan fingerprint density at radius 3 is 2.76 bits per heavy atom. The molecule has 100 valence electrons. The maximum atomic E-state index is 3.62. The van der Waals surface area contributed by atoms with Gasteiger partial charge in [-0.3, -0.25) is 4.90 Å². The minimum atomic E-state index is 0.706. The van der Waals surface area contributed by atoms with Crippen molar-refractivity contribution in [2.24, 2.45) is 0 Å². The zero-order chi connectivity index (χ0) is 12.3. The molecule has 0 aromatic carbocycles. The molecule has 0 aromatic heterocycles. The van der Waals surface area contributed by atoms with Crippen LogP contribution in [-0.4, -0.2) is 61.7 Å². The Bertz CT molecular complexity index is 228. The fourth-order valence-corrected chi connectivity index (χ4v) is 2.82. The number of rotatable bonds is 6. The maximum absolute atomic E-state index is 3.62. The maximum Gasteiger partial charge on any atom is 0.0223 e. The monoisotopic (exact) mass is 239 g/mol. The number of likely N-dealkylation sites (N-methyl/N-ethyl adjacent to an activating group) is 2. The molecule has 2 atom stereocenters. The van der Waals surface area contributed by atoms with Crippen molar-refractivity contribution in [2.75, 3.05) is 33.7 Å². The third-order valence-electron chi connectivity index (χ3n) is 4.44. The Morgan fingerprint density at radius 2 is 2.12 bits per heavy atom. The number of likely N-dealkylation sites (tertiary alicyclic amines) is 1. The number of hydrogen-bond donors (Lipinski definition) is 1. The lowest BCUT2D eigenvalue weighted by Crippen LogP contribution is -2.48. The average Bonchev–Trinajstić information content (AvgIpc) is 3.12. The molecule has 3 heteroatoms. The van der Waals surface area contributed by atoms with Gasteiger partial charge in [0.15, 0.2) is 0 Å². The molecular formula is C14H29N3. The first-order valence-corrected chi connectivity index (χ1v) is 7.30. The standard InChI is InChI=1S/C14H29N3/c1-12(8-9-15-13-6-7-13)17(3)14-5-4-10-16(2)11-14/h12-15H,4-11H2,1-3H3. The van der Waals surface area contributed by atoms with Gasteiger partial charge >= 0.3 is 0 Å². The van der Waals surface area contributed by atoms with Crippen molar-refractivity contribution in [3.8, 4) is 0 Å². The highest BCUT2D eigenvalue weighted by Gasteiger charge is 2.25. The van der Waals surface area contributed by atoms with E-state index in [-0.39, 0.29) is 0 Å². The molecule has 0 bridgehead atoms. The van der Waals surface area contributed by atoms with Crippen molar-refractivity contribution in [1.82, 2.24) is 15.1 Å². The molecular weight excluding hydrogens is 210 g/mol. The average molecular weight is 239 g/mol. The molecule has 0 radical (unpaired) electrons. The lowest BCUT2D eigenvalue weighted by atomic mass is 10.0. The Kier molecular flexibility index (Phi) is 4.83. The molecule has 2 fully saturated rings. The lowest BCUT2D eigenvalue weighted by Gasteiger charge is -2.39. The Balaban J connectivity index is 1.66. The molecule has 17 heavy (non-hydrogen) atoms. The normalized spacial score (nSPS) is 28.6. The van der Waals surface area contributed by atoms with Gasteiger partial charge in [-0.25, -0.2) is 0 Å². The minimum absolute atomic E-state index is 0.706. The van der Waals surface area contributed by atoms with Crippen LogP contribution in [-0.2, 0) is 0 Å². The van der Waals surface area contributed by atoms with Gasteiger partial charge in [0.05, 0.1) is 0 Å². The number of nitrogens with one attached hydrogen (secondary N) is 1. The van der Waals surface area contributed by atoms with Crippen LogP contribution in [0.25, 0.3) is 0 Å². The van der Waals surface area contributed by atoms with E-state index in [4.69, 9.17) is 0 Å². The summed E-state index contributed by atoms with van der Waals surface area (Å²) in [6.45, 7) is 6.10. The highest BCUT2D eigenvalue weighted by atomic mass is 15.2. The number of hydrogen-bond acceptors (Lipinski definition) is 3. The molecule has 3 nitrogen and oxygen atoms in total. The molecule has 2 aliphatic rings. The van der Waals surface area contributed by atoms with Crippen LogP contribution < -0.4 is 5.32 Å². The largest absolute Gasteiger partial charge is 0.314 e. The summed E-state index contributed by atoms with van der Waals surface area (Å²) in [7, 11) is 4.56. The summed E-state index contributed by atoms with van der Waals surface area (Å²) in [6.07, 6.45) is 6.82. The molecule has 1 heterocycles. The first-order valence-electron chi connectivity index (χ1n) is 7.30. The lowest BCUT2D eigenvalue weighted by molar-refractivity contribution is 0.101. The second-order valence-corrected chi connectivity index (χ2v) is 6.09. The smallest absolute Gasteiger partial charge is 0.0223 e. The zero-order valence-electron chi connectivity index (χ0n) is 11.8. The van der Waals surface area contributed by atoms with E-state index in [9.17, 15) is 0 Å². The van der Waals surface area contributed by atoms with E-state index in [2.05, 4.69) is 36.1 Å². The Hall–Kier alpha value is -0.120. The highest BCUT2D eigenvalue weighted by Crippen LogP contribution is 2.19. The summed E-state index contributed by atoms with van der Waals surface area (Å²) >= 11 is 0. The summed E-state index contributed by atoms with van der Waals surface area (Å²) in [5.74, 6) is 0. The molecule has 0 amide bonds. The first kappa shape index (κ1) is 13.3. The van der Waals surface area contributed by atoms with E-state index in [0.29, 0.717) is 6.04 Å². The predicted octanol–water partition coefficient (Wildman–Crippen LogP) is 1.54. The SMILES string of the molecule is CC(CCNC1CC1)N(C)C1CCCN(C)C1. The van der Waals surface area contributed by atoms with Crippen molar-refractivity contribution in [1.29, 1.82) is 0 Å². The predicted molar refractivity (Wildman–Crippen MR) is 73.4 cm³/mol. The number of nitrogens with zero attached hydrogens (tertiary/aromatic N) is 2. The Labute approximate surface area is 107 Å². The van der Waals surface area contributed by atoms with Crippen molar-refractivity contribution in [3.63, 3.8) is 0 Å². The van der Waals surface area contributed by atoms with Crippen LogP contribution in [0.2, 0.25) is 0 Å². The van der Waals surface area contributed by atoms with Gasteiger partial charge in [-0.1, -0.05) is 0 Å². The molecule has 2 rings (SSSR count). The fourth-order valence-electron chi connectivity index (χ4n) is 2.82. The van der Waals surface area contributed by atoms with Crippen LogP contribution >= 0.6 is 0 Å². The van der Waals surface area contributed by atoms with Gasteiger partial charge in [-0.2, -0.15) is 0 Å². The van der Waals surface area contributed by atoms with Crippen molar-refractivity contribution >= 4 is 0 Å². The molecule has 1 N–H and O–H groups in total. The first-order chi connectivity index (χ1) is 8.16. The van der Waals surface area contributed by atoms with Gasteiger partial charge in [0.1, 0.15) is 0 Å². The quantitative estimate of drug-likeness (QED) is 0.758. The van der Waals surface area contributed by atoms with E-state index >= 15 is 0 Å². The van der Waals surface area contributed by atoms with Gasteiger partial charge in [0, 0.05) is 24.7 Å². The number of piperidine rings is 1. The Morgan fingerprint density at radius 1 is 1.35 bits per heavy atom. The van der Waals surface area contributed by atoms with Gasteiger partial charge in [-0.05, 0) is 66.2 Å². The van der Waals surface area contributed by atoms with E-state index in [0.717, 1.165) is 12.1 Å². The van der Waals surface area contributed by atoms with Gasteiger partial charge in [0.25, 0.3) is 0 Å². The van der Waals surface area contributed by atoms with Crippen LogP contribution in [0, 0.1) is 0 Å². The minimum Gasteiger partial charge on any atom is -0.314 e. The zero-order valence-corrected chi connectivity index (χ0v) is 11.8. The summed E-state index contributed by atoms with van der Waals surface area (Å²) in [6, 6.07) is 2.33. The van der Waals surface area contributed by atoms with Crippen molar-refractivity contribution in [3.05, 3.63) is 0 Å².